The second-order valence-corrected chi connectivity index (χ2v) is 3.01. The number of hydrogen-bond acceptors (Lipinski definition) is 0. The SMILES string of the molecule is FCCCC(F)C(F)C(F)C(F)C(F)F. The minimum absolute atomic E-state index is 0.361. The highest BCUT2D eigenvalue weighted by Gasteiger charge is 2.40. The lowest BCUT2D eigenvalue weighted by molar-refractivity contribution is -0.0409. The van der Waals surface area contributed by atoms with Gasteiger partial charge in [0, 0.05) is 0 Å². The molecule has 92 valence electrons. The molecular weight excluding hydrogens is 229 g/mol. The molecule has 0 aliphatic carbocycles. The molecule has 7 heteroatoms. The van der Waals surface area contributed by atoms with Gasteiger partial charge in [0.1, 0.15) is 6.17 Å². The van der Waals surface area contributed by atoms with Crippen molar-refractivity contribution < 1.29 is 30.7 Å². The van der Waals surface area contributed by atoms with Crippen LogP contribution < -0.4 is 0 Å². The van der Waals surface area contributed by atoms with Crippen LogP contribution in [-0.4, -0.2) is 37.8 Å². The molecule has 0 rings (SSSR count). The van der Waals surface area contributed by atoms with E-state index in [1.807, 2.05) is 0 Å². The van der Waals surface area contributed by atoms with Crippen LogP contribution in [0.1, 0.15) is 12.8 Å². The maximum atomic E-state index is 12.7. The first kappa shape index (κ1) is 14.5. The van der Waals surface area contributed by atoms with Gasteiger partial charge < -0.3 is 0 Å². The van der Waals surface area contributed by atoms with Crippen molar-refractivity contribution in [2.75, 3.05) is 6.67 Å². The van der Waals surface area contributed by atoms with Gasteiger partial charge in [-0.1, -0.05) is 0 Å². The molecule has 0 N–H and O–H groups in total. The summed E-state index contributed by atoms with van der Waals surface area (Å²) in [6, 6.07) is 0. The summed E-state index contributed by atoms with van der Waals surface area (Å²) in [5.74, 6) is 0. The second kappa shape index (κ2) is 6.90. The Hall–Kier alpha value is -0.490. The summed E-state index contributed by atoms with van der Waals surface area (Å²) < 4.78 is 84.9. The van der Waals surface area contributed by atoms with Crippen molar-refractivity contribution in [2.45, 2.75) is 44.0 Å². The zero-order valence-electron chi connectivity index (χ0n) is 7.65. The highest BCUT2D eigenvalue weighted by Crippen LogP contribution is 2.23. The van der Waals surface area contributed by atoms with Crippen molar-refractivity contribution >= 4 is 0 Å². The molecule has 0 bridgehead atoms. The highest BCUT2D eigenvalue weighted by molar-refractivity contribution is 4.83. The van der Waals surface area contributed by atoms with E-state index >= 15 is 0 Å². The van der Waals surface area contributed by atoms with E-state index < -0.39 is 44.2 Å². The van der Waals surface area contributed by atoms with Gasteiger partial charge in [0.25, 0.3) is 6.43 Å². The van der Waals surface area contributed by atoms with Gasteiger partial charge in [0.05, 0.1) is 6.67 Å². The second-order valence-electron chi connectivity index (χ2n) is 3.01. The normalized spacial score (nSPS) is 20.0. The Balaban J connectivity index is 4.11. The summed E-state index contributed by atoms with van der Waals surface area (Å²) in [5, 5.41) is 0. The molecule has 0 saturated carbocycles. The molecule has 4 atom stereocenters. The lowest BCUT2D eigenvalue weighted by Crippen LogP contribution is -2.38. The summed E-state index contributed by atoms with van der Waals surface area (Å²) in [7, 11) is 0. The van der Waals surface area contributed by atoms with E-state index in [2.05, 4.69) is 0 Å². The van der Waals surface area contributed by atoms with Gasteiger partial charge in [0.15, 0.2) is 18.5 Å². The van der Waals surface area contributed by atoms with Crippen LogP contribution in [0.25, 0.3) is 0 Å². The predicted molar refractivity (Wildman–Crippen MR) is 40.8 cm³/mol. The standard InChI is InChI=1S/C8H11F7/c9-3-1-2-4(10)5(11)6(12)7(13)8(14)15/h4-8H,1-3H2. The van der Waals surface area contributed by atoms with Crippen molar-refractivity contribution in [1.82, 2.24) is 0 Å². The Kier molecular flexibility index (Phi) is 6.67. The minimum atomic E-state index is -3.70. The first-order valence-corrected chi connectivity index (χ1v) is 4.32. The Bertz CT molecular complexity index is 163. The molecule has 0 nitrogen and oxygen atoms in total. The van der Waals surface area contributed by atoms with E-state index in [1.54, 1.807) is 0 Å². The molecule has 0 radical (unpaired) electrons. The molecule has 0 aromatic heterocycles. The van der Waals surface area contributed by atoms with Gasteiger partial charge in [-0.05, 0) is 12.8 Å². The van der Waals surface area contributed by atoms with Crippen LogP contribution in [0.5, 0.6) is 0 Å². The van der Waals surface area contributed by atoms with Crippen LogP contribution in [0, 0.1) is 0 Å². The van der Waals surface area contributed by atoms with Gasteiger partial charge in [-0.2, -0.15) is 0 Å². The average molecular weight is 240 g/mol. The van der Waals surface area contributed by atoms with Crippen LogP contribution in [0.2, 0.25) is 0 Å². The van der Waals surface area contributed by atoms with Gasteiger partial charge in [0.2, 0.25) is 0 Å². The summed E-state index contributed by atoms with van der Waals surface area (Å²) in [6.07, 6.45) is -16.8. The van der Waals surface area contributed by atoms with Gasteiger partial charge in [-0.3, -0.25) is 4.39 Å². The smallest absolute Gasteiger partial charge is 0.251 e. The highest BCUT2D eigenvalue weighted by atomic mass is 19.3. The number of rotatable bonds is 7. The molecule has 0 spiro atoms. The molecule has 15 heavy (non-hydrogen) atoms. The van der Waals surface area contributed by atoms with E-state index in [0.29, 0.717) is 0 Å². The maximum absolute atomic E-state index is 12.7. The van der Waals surface area contributed by atoms with E-state index in [1.165, 1.54) is 0 Å². The topological polar surface area (TPSA) is 0 Å². The molecular formula is C8H11F7. The Labute approximate surface area is 82.5 Å². The predicted octanol–water partition coefficient (Wildman–Crippen LogP) is 3.35. The Morgan fingerprint density at radius 1 is 0.733 bits per heavy atom. The lowest BCUT2D eigenvalue weighted by atomic mass is 10.0. The molecule has 0 amide bonds. The van der Waals surface area contributed by atoms with Crippen molar-refractivity contribution in [1.29, 1.82) is 0 Å². The van der Waals surface area contributed by atoms with E-state index in [4.69, 9.17) is 0 Å². The molecule has 0 aliphatic heterocycles. The van der Waals surface area contributed by atoms with Crippen LogP contribution >= 0.6 is 0 Å². The third-order valence-electron chi connectivity index (χ3n) is 1.81. The number of alkyl halides is 7. The van der Waals surface area contributed by atoms with Gasteiger partial charge in [-0.15, -0.1) is 0 Å². The fourth-order valence-electron chi connectivity index (χ4n) is 0.945. The first-order chi connectivity index (χ1) is 6.91. The Morgan fingerprint density at radius 3 is 1.67 bits per heavy atom. The number of halogens is 7. The lowest BCUT2D eigenvalue weighted by Gasteiger charge is -2.19. The monoisotopic (exact) mass is 240 g/mol. The summed E-state index contributed by atoms with van der Waals surface area (Å²) in [5.41, 5.74) is 0. The zero-order chi connectivity index (χ0) is 12.0. The van der Waals surface area contributed by atoms with Gasteiger partial charge >= 0.3 is 0 Å². The van der Waals surface area contributed by atoms with Crippen LogP contribution in [0.15, 0.2) is 0 Å². The maximum Gasteiger partial charge on any atom is 0.272 e. The summed E-state index contributed by atoms with van der Waals surface area (Å²) in [6.45, 7) is -0.933. The van der Waals surface area contributed by atoms with Crippen molar-refractivity contribution in [3.8, 4) is 0 Å². The average Bonchev–Trinajstić information content (AvgIpc) is 2.22. The van der Waals surface area contributed by atoms with Gasteiger partial charge in [-0.25, -0.2) is 26.3 Å². The molecule has 0 heterocycles. The molecule has 4 unspecified atom stereocenters. The van der Waals surface area contributed by atoms with Crippen molar-refractivity contribution in [3.63, 3.8) is 0 Å². The molecule has 0 aliphatic rings. The molecule has 0 aromatic carbocycles. The first-order valence-electron chi connectivity index (χ1n) is 4.32. The van der Waals surface area contributed by atoms with Crippen molar-refractivity contribution in [3.05, 3.63) is 0 Å². The van der Waals surface area contributed by atoms with Crippen LogP contribution in [0.4, 0.5) is 30.7 Å². The van der Waals surface area contributed by atoms with E-state index in [0.717, 1.165) is 0 Å². The summed E-state index contributed by atoms with van der Waals surface area (Å²) in [4.78, 5) is 0. The van der Waals surface area contributed by atoms with E-state index in [-0.39, 0.29) is 6.42 Å². The Morgan fingerprint density at radius 2 is 1.27 bits per heavy atom. The zero-order valence-corrected chi connectivity index (χ0v) is 7.65. The fraction of sp³-hybridized carbons (Fsp3) is 1.00. The third kappa shape index (κ3) is 4.70. The van der Waals surface area contributed by atoms with Crippen molar-refractivity contribution in [2.24, 2.45) is 0 Å². The van der Waals surface area contributed by atoms with Crippen LogP contribution in [-0.2, 0) is 0 Å². The largest absolute Gasteiger partial charge is 0.272 e. The minimum Gasteiger partial charge on any atom is -0.251 e. The molecule has 0 saturated heterocycles. The van der Waals surface area contributed by atoms with E-state index in [9.17, 15) is 30.7 Å². The summed E-state index contributed by atoms with van der Waals surface area (Å²) >= 11 is 0. The third-order valence-corrected chi connectivity index (χ3v) is 1.81. The number of hydrogen-bond donors (Lipinski definition) is 0. The fourth-order valence-corrected chi connectivity index (χ4v) is 0.945. The molecule has 0 fully saturated rings. The molecule has 0 aromatic rings. The quantitative estimate of drug-likeness (QED) is 0.598. The van der Waals surface area contributed by atoms with Crippen LogP contribution in [0.3, 0.4) is 0 Å².